The number of rotatable bonds is 7. The first-order valence-corrected chi connectivity index (χ1v) is 9.41. The average Bonchev–Trinajstić information content (AvgIpc) is 2.64. The van der Waals surface area contributed by atoms with E-state index >= 15 is 0 Å². The molecule has 1 aromatic carbocycles. The molecule has 0 radical (unpaired) electrons. The van der Waals surface area contributed by atoms with Crippen molar-refractivity contribution in [3.8, 4) is 5.75 Å². The number of halogens is 4. The topological polar surface area (TPSA) is 42.0 Å². The average molecular weight is 404 g/mol. The third-order valence-electron chi connectivity index (χ3n) is 5.05. The van der Waals surface area contributed by atoms with E-state index in [9.17, 15) is 22.4 Å². The Balaban J connectivity index is 1.39. The van der Waals surface area contributed by atoms with Crippen LogP contribution >= 0.6 is 0 Å². The molecule has 0 aliphatic carbocycles. The summed E-state index contributed by atoms with van der Waals surface area (Å²) in [6.07, 6.45) is -1.92. The SMILES string of the molecule is O=C1COc2cc(F)ccc2N1CCCN1CCC(COCC(F)(F)F)CC1. The molecule has 0 N–H and O–H groups in total. The number of fused-ring (bicyclic) bond motifs is 1. The van der Waals surface area contributed by atoms with Gasteiger partial charge in [0.2, 0.25) is 0 Å². The van der Waals surface area contributed by atoms with E-state index in [-0.39, 0.29) is 25.0 Å². The molecule has 0 atom stereocenters. The number of hydrogen-bond donors (Lipinski definition) is 0. The highest BCUT2D eigenvalue weighted by atomic mass is 19.4. The second kappa shape index (κ2) is 9.09. The summed E-state index contributed by atoms with van der Waals surface area (Å²) in [4.78, 5) is 16.0. The van der Waals surface area contributed by atoms with E-state index < -0.39 is 18.6 Å². The van der Waals surface area contributed by atoms with Crippen molar-refractivity contribution in [1.29, 1.82) is 0 Å². The van der Waals surface area contributed by atoms with E-state index in [2.05, 4.69) is 4.90 Å². The van der Waals surface area contributed by atoms with Crippen LogP contribution in [0.5, 0.6) is 5.75 Å². The maximum atomic E-state index is 13.3. The summed E-state index contributed by atoms with van der Waals surface area (Å²) < 4.78 is 59.7. The zero-order chi connectivity index (χ0) is 20.1. The Labute approximate surface area is 161 Å². The van der Waals surface area contributed by atoms with Crippen molar-refractivity contribution in [3.63, 3.8) is 0 Å². The third-order valence-corrected chi connectivity index (χ3v) is 5.05. The second-order valence-electron chi connectivity index (χ2n) is 7.21. The monoisotopic (exact) mass is 404 g/mol. The number of likely N-dealkylation sites (tertiary alicyclic amines) is 1. The van der Waals surface area contributed by atoms with Gasteiger partial charge in [-0.2, -0.15) is 13.2 Å². The minimum Gasteiger partial charge on any atom is -0.481 e. The molecule has 0 bridgehead atoms. The highest BCUT2D eigenvalue weighted by molar-refractivity contribution is 5.97. The van der Waals surface area contributed by atoms with Crippen molar-refractivity contribution in [2.75, 3.05) is 50.9 Å². The van der Waals surface area contributed by atoms with Crippen molar-refractivity contribution in [3.05, 3.63) is 24.0 Å². The molecule has 2 aliphatic rings. The Morgan fingerprint density at radius 3 is 2.64 bits per heavy atom. The molecule has 2 aliphatic heterocycles. The molecule has 0 saturated carbocycles. The maximum absolute atomic E-state index is 13.3. The fourth-order valence-corrected chi connectivity index (χ4v) is 3.59. The Bertz CT molecular complexity index is 676. The van der Waals surface area contributed by atoms with Crippen LogP contribution in [0.2, 0.25) is 0 Å². The van der Waals surface area contributed by atoms with E-state index in [0.717, 1.165) is 38.9 Å². The molecule has 2 heterocycles. The smallest absolute Gasteiger partial charge is 0.411 e. The maximum Gasteiger partial charge on any atom is 0.411 e. The molecular weight excluding hydrogens is 380 g/mol. The zero-order valence-corrected chi connectivity index (χ0v) is 15.5. The van der Waals surface area contributed by atoms with Crippen LogP contribution in [0.3, 0.4) is 0 Å². The minimum absolute atomic E-state index is 0.0974. The van der Waals surface area contributed by atoms with E-state index in [4.69, 9.17) is 9.47 Å². The van der Waals surface area contributed by atoms with Crippen LogP contribution in [0, 0.1) is 11.7 Å². The summed E-state index contributed by atoms with van der Waals surface area (Å²) >= 11 is 0. The van der Waals surface area contributed by atoms with Gasteiger partial charge in [-0.15, -0.1) is 0 Å². The van der Waals surface area contributed by atoms with Gasteiger partial charge in [0.25, 0.3) is 5.91 Å². The molecule has 1 fully saturated rings. The fourth-order valence-electron chi connectivity index (χ4n) is 3.59. The van der Waals surface area contributed by atoms with E-state index in [1.165, 1.54) is 12.1 Å². The first kappa shape index (κ1) is 20.9. The molecule has 5 nitrogen and oxygen atoms in total. The Morgan fingerprint density at radius 1 is 1.18 bits per heavy atom. The van der Waals surface area contributed by atoms with Gasteiger partial charge < -0.3 is 19.3 Å². The zero-order valence-electron chi connectivity index (χ0n) is 15.5. The number of amides is 1. The summed E-state index contributed by atoms with van der Waals surface area (Å²) in [5, 5.41) is 0. The molecule has 0 spiro atoms. The molecule has 1 saturated heterocycles. The first-order chi connectivity index (χ1) is 13.3. The lowest BCUT2D eigenvalue weighted by Gasteiger charge is -2.33. The van der Waals surface area contributed by atoms with E-state index in [1.54, 1.807) is 11.0 Å². The van der Waals surface area contributed by atoms with Gasteiger partial charge in [-0.25, -0.2) is 4.39 Å². The molecule has 1 aromatic rings. The predicted molar refractivity (Wildman–Crippen MR) is 94.9 cm³/mol. The van der Waals surface area contributed by atoms with Gasteiger partial charge in [-0.3, -0.25) is 4.79 Å². The molecule has 156 valence electrons. The standard InChI is InChI=1S/C19H24F4N2O3/c20-15-2-3-16-17(10-15)28-12-18(26)25(16)7-1-6-24-8-4-14(5-9-24)11-27-13-19(21,22)23/h2-3,10,14H,1,4-9,11-13H2. The molecular formula is C19H24F4N2O3. The number of ether oxygens (including phenoxy) is 2. The van der Waals surface area contributed by atoms with Gasteiger partial charge in [0.05, 0.1) is 5.69 Å². The molecule has 28 heavy (non-hydrogen) atoms. The summed E-state index contributed by atoms with van der Waals surface area (Å²) in [6, 6.07) is 4.13. The van der Waals surface area contributed by atoms with Crippen molar-refractivity contribution < 1.29 is 31.8 Å². The van der Waals surface area contributed by atoms with Crippen LogP contribution in [-0.4, -0.2) is 63.0 Å². The van der Waals surface area contributed by atoms with Crippen LogP contribution in [0.15, 0.2) is 18.2 Å². The lowest BCUT2D eigenvalue weighted by molar-refractivity contribution is -0.177. The van der Waals surface area contributed by atoms with Crippen molar-refractivity contribution in [2.45, 2.75) is 25.4 Å². The van der Waals surface area contributed by atoms with Crippen molar-refractivity contribution in [1.82, 2.24) is 4.90 Å². The Kier molecular flexibility index (Phi) is 6.77. The summed E-state index contributed by atoms with van der Waals surface area (Å²) in [5.74, 6) is -0.0322. The number of hydrogen-bond acceptors (Lipinski definition) is 4. The number of carbonyl (C=O) groups is 1. The van der Waals surface area contributed by atoms with Gasteiger partial charge in [-0.1, -0.05) is 0 Å². The summed E-state index contributed by atoms with van der Waals surface area (Å²) in [6.45, 7) is 1.76. The van der Waals surface area contributed by atoms with Crippen molar-refractivity contribution >= 4 is 11.6 Å². The first-order valence-electron chi connectivity index (χ1n) is 9.41. The largest absolute Gasteiger partial charge is 0.481 e. The Hall–Kier alpha value is -1.87. The molecule has 1 amide bonds. The molecule has 9 heteroatoms. The normalized spacial score (nSPS) is 18.9. The summed E-state index contributed by atoms with van der Waals surface area (Å²) in [5.41, 5.74) is 0.582. The number of piperidine rings is 1. The molecule has 0 aromatic heterocycles. The van der Waals surface area contributed by atoms with Crippen LogP contribution in [0.1, 0.15) is 19.3 Å². The highest BCUT2D eigenvalue weighted by Crippen LogP contribution is 2.32. The van der Waals surface area contributed by atoms with Gasteiger partial charge in [0, 0.05) is 19.2 Å². The fraction of sp³-hybridized carbons (Fsp3) is 0.632. The van der Waals surface area contributed by atoms with E-state index in [0.29, 0.717) is 18.0 Å². The Morgan fingerprint density at radius 2 is 1.93 bits per heavy atom. The minimum atomic E-state index is -4.28. The second-order valence-corrected chi connectivity index (χ2v) is 7.21. The number of benzene rings is 1. The quantitative estimate of drug-likeness (QED) is 0.655. The lowest BCUT2D eigenvalue weighted by atomic mass is 9.98. The van der Waals surface area contributed by atoms with Crippen molar-refractivity contribution in [2.24, 2.45) is 5.92 Å². The number of anilines is 1. The summed E-state index contributed by atoms with van der Waals surface area (Å²) in [7, 11) is 0. The van der Waals surface area contributed by atoms with Crippen LogP contribution in [0.25, 0.3) is 0 Å². The van der Waals surface area contributed by atoms with E-state index in [1.807, 2.05) is 0 Å². The number of carbonyl (C=O) groups excluding carboxylic acids is 1. The van der Waals surface area contributed by atoms with Crippen LogP contribution in [0.4, 0.5) is 23.2 Å². The van der Waals surface area contributed by atoms with Crippen LogP contribution < -0.4 is 9.64 Å². The van der Waals surface area contributed by atoms with Gasteiger partial charge in [0.15, 0.2) is 6.61 Å². The number of alkyl halides is 3. The molecule has 0 unspecified atom stereocenters. The third kappa shape index (κ3) is 5.81. The van der Waals surface area contributed by atoms with Gasteiger partial charge in [-0.05, 0) is 56.9 Å². The van der Waals surface area contributed by atoms with Gasteiger partial charge >= 0.3 is 6.18 Å². The van der Waals surface area contributed by atoms with Gasteiger partial charge in [0.1, 0.15) is 18.2 Å². The number of nitrogens with zero attached hydrogens (tertiary/aromatic N) is 2. The predicted octanol–water partition coefficient (Wildman–Crippen LogP) is 3.23. The highest BCUT2D eigenvalue weighted by Gasteiger charge is 2.29. The molecule has 3 rings (SSSR count). The lowest BCUT2D eigenvalue weighted by Crippen LogP contribution is -2.41. The van der Waals surface area contributed by atoms with Crippen LogP contribution in [-0.2, 0) is 9.53 Å².